The second kappa shape index (κ2) is 8.35. The molecule has 7 heteroatoms. The molecule has 3 heterocycles. The zero-order chi connectivity index (χ0) is 19.4. The van der Waals surface area contributed by atoms with E-state index in [2.05, 4.69) is 10.3 Å². The van der Waals surface area contributed by atoms with Crippen LogP contribution in [0.1, 0.15) is 29.4 Å². The van der Waals surface area contributed by atoms with Gasteiger partial charge in [0, 0.05) is 22.0 Å². The molecule has 0 fully saturated rings. The second-order valence-electron chi connectivity index (χ2n) is 6.67. The van der Waals surface area contributed by atoms with Crippen molar-refractivity contribution in [3.05, 3.63) is 57.7 Å². The Morgan fingerprint density at radius 2 is 2.07 bits per heavy atom. The number of nitrogens with zero attached hydrogens (tertiary/aromatic N) is 2. The molecule has 1 aliphatic rings. The van der Waals surface area contributed by atoms with E-state index in [1.165, 1.54) is 4.88 Å². The summed E-state index contributed by atoms with van der Waals surface area (Å²) in [6.07, 6.45) is 3.48. The number of hydrogen-bond acceptors (Lipinski definition) is 4. The van der Waals surface area contributed by atoms with Gasteiger partial charge in [0.05, 0.1) is 25.3 Å². The normalized spacial score (nSPS) is 16.7. The van der Waals surface area contributed by atoms with Gasteiger partial charge in [-0.15, -0.1) is 11.3 Å². The lowest BCUT2D eigenvalue weighted by atomic mass is 9.96. The number of nitrogens with one attached hydrogen (secondary N) is 1. The van der Waals surface area contributed by atoms with E-state index in [9.17, 15) is 9.59 Å². The summed E-state index contributed by atoms with van der Waals surface area (Å²) < 4.78 is 5.40. The quantitative estimate of drug-likeness (QED) is 0.819. The number of furan rings is 1. The smallest absolute Gasteiger partial charge is 0.318 e. The van der Waals surface area contributed by atoms with Gasteiger partial charge < -0.3 is 14.6 Å². The lowest BCUT2D eigenvalue weighted by Gasteiger charge is -2.24. The molecule has 1 aliphatic heterocycles. The van der Waals surface area contributed by atoms with E-state index in [1.807, 2.05) is 38.1 Å². The molecule has 3 rings (SSSR count). The van der Waals surface area contributed by atoms with Crippen molar-refractivity contribution in [3.8, 4) is 0 Å². The molecule has 0 radical (unpaired) electrons. The molecule has 1 atom stereocenters. The first kappa shape index (κ1) is 19.1. The third kappa shape index (κ3) is 4.95. The monoisotopic (exact) mass is 385 g/mol. The summed E-state index contributed by atoms with van der Waals surface area (Å²) in [5, 5.41) is 2.89. The Morgan fingerprint density at radius 3 is 2.70 bits per heavy atom. The summed E-state index contributed by atoms with van der Waals surface area (Å²) in [5.74, 6) is 0.0924. The molecule has 1 unspecified atom stereocenters. The molecule has 0 spiro atoms. The van der Waals surface area contributed by atoms with Crippen molar-refractivity contribution in [1.29, 1.82) is 0 Å². The van der Waals surface area contributed by atoms with Gasteiger partial charge in [0.15, 0.2) is 0 Å². The average molecular weight is 385 g/mol. The highest BCUT2D eigenvalue weighted by Gasteiger charge is 2.25. The van der Waals surface area contributed by atoms with E-state index >= 15 is 0 Å². The first-order chi connectivity index (χ1) is 12.9. The number of carbonyl (C=O) groups is 2. The molecule has 27 heavy (non-hydrogen) atoms. The molecule has 2 aromatic heterocycles. The van der Waals surface area contributed by atoms with Crippen LogP contribution in [0.5, 0.6) is 0 Å². The van der Waals surface area contributed by atoms with Crippen LogP contribution in [0.15, 0.2) is 51.6 Å². The maximum Gasteiger partial charge on any atom is 0.318 e. The van der Waals surface area contributed by atoms with Gasteiger partial charge >= 0.3 is 6.03 Å². The van der Waals surface area contributed by atoms with Crippen molar-refractivity contribution < 1.29 is 14.0 Å². The Labute approximate surface area is 162 Å². The van der Waals surface area contributed by atoms with Gasteiger partial charge in [0.2, 0.25) is 0 Å². The predicted molar refractivity (Wildman–Crippen MR) is 106 cm³/mol. The minimum Gasteiger partial charge on any atom is -0.467 e. The minimum absolute atomic E-state index is 0.209. The van der Waals surface area contributed by atoms with Crippen molar-refractivity contribution in [1.82, 2.24) is 10.2 Å². The lowest BCUT2D eigenvalue weighted by molar-refractivity contribution is -0.120. The van der Waals surface area contributed by atoms with Crippen LogP contribution in [0.2, 0.25) is 0 Å². The maximum absolute atomic E-state index is 12.8. The second-order valence-corrected chi connectivity index (χ2v) is 8.04. The fraction of sp³-hybridized carbons (Fsp3) is 0.350. The van der Waals surface area contributed by atoms with E-state index in [-0.39, 0.29) is 18.5 Å². The summed E-state index contributed by atoms with van der Waals surface area (Å²) in [4.78, 5) is 32.9. The number of carbonyl (C=O) groups excluding carboxylic acids is 2. The van der Waals surface area contributed by atoms with Crippen LogP contribution in [-0.4, -0.2) is 29.1 Å². The topological polar surface area (TPSA) is 74.9 Å². The average Bonchev–Trinajstić information content (AvgIpc) is 3.25. The van der Waals surface area contributed by atoms with Crippen LogP contribution in [0, 0.1) is 12.8 Å². The fourth-order valence-electron chi connectivity index (χ4n) is 3.01. The number of aliphatic imine (C=N–C) groups is 1. The fourth-order valence-corrected chi connectivity index (χ4v) is 3.91. The Morgan fingerprint density at radius 1 is 1.26 bits per heavy atom. The Balaban J connectivity index is 1.67. The predicted octanol–water partition coefficient (Wildman–Crippen LogP) is 3.92. The van der Waals surface area contributed by atoms with Crippen molar-refractivity contribution in [3.63, 3.8) is 0 Å². The highest BCUT2D eigenvalue weighted by Crippen LogP contribution is 2.20. The number of hydrogen-bond donors (Lipinski definition) is 1. The molecule has 0 saturated heterocycles. The number of aryl methyl sites for hydroxylation is 1. The van der Waals surface area contributed by atoms with Crippen LogP contribution in [-0.2, 0) is 17.9 Å². The summed E-state index contributed by atoms with van der Waals surface area (Å²) in [6.45, 7) is 6.80. The minimum atomic E-state index is -0.410. The zero-order valence-corrected chi connectivity index (χ0v) is 16.5. The number of rotatable bonds is 6. The van der Waals surface area contributed by atoms with Gasteiger partial charge in [-0.05, 0) is 51.1 Å². The van der Waals surface area contributed by atoms with Gasteiger partial charge in [-0.3, -0.25) is 4.79 Å². The molecule has 2 aromatic rings. The summed E-state index contributed by atoms with van der Waals surface area (Å²) in [5.41, 5.74) is 1.62. The van der Waals surface area contributed by atoms with Crippen molar-refractivity contribution in [2.75, 3.05) is 6.54 Å². The molecular formula is C20H23N3O3S. The summed E-state index contributed by atoms with van der Waals surface area (Å²) in [7, 11) is 0. The Hall–Kier alpha value is -2.67. The molecule has 0 aromatic carbocycles. The van der Waals surface area contributed by atoms with Gasteiger partial charge in [0.25, 0.3) is 5.91 Å². The van der Waals surface area contributed by atoms with Crippen molar-refractivity contribution >= 4 is 29.0 Å². The third-order valence-corrected chi connectivity index (χ3v) is 5.37. The summed E-state index contributed by atoms with van der Waals surface area (Å²) in [6, 6.07) is 7.48. The molecule has 6 nitrogen and oxygen atoms in total. The maximum atomic E-state index is 12.8. The van der Waals surface area contributed by atoms with Gasteiger partial charge in [0.1, 0.15) is 5.76 Å². The van der Waals surface area contributed by atoms with Crippen LogP contribution < -0.4 is 5.32 Å². The van der Waals surface area contributed by atoms with Crippen LogP contribution in [0.25, 0.3) is 0 Å². The van der Waals surface area contributed by atoms with E-state index in [0.29, 0.717) is 24.6 Å². The largest absolute Gasteiger partial charge is 0.467 e. The SMILES string of the molecule is CC1=CC(C)=NC(=O)C1CNC(=O)N(Cc1ccco1)Cc1ccc(C)s1. The van der Waals surface area contributed by atoms with E-state index in [1.54, 1.807) is 35.5 Å². The highest BCUT2D eigenvalue weighted by atomic mass is 32.1. The van der Waals surface area contributed by atoms with Crippen LogP contribution >= 0.6 is 11.3 Å². The standard InChI is InChI=1S/C20H23N3O3S/c1-13-9-14(2)22-19(24)18(13)10-21-20(25)23(11-16-5-4-8-26-16)12-17-7-6-15(3)27-17/h4-9,18H,10-12H2,1-3H3,(H,21,25). The first-order valence-electron chi connectivity index (χ1n) is 8.80. The molecule has 0 bridgehead atoms. The first-order valence-corrected chi connectivity index (χ1v) is 9.62. The Bertz CT molecular complexity index is 880. The van der Waals surface area contributed by atoms with E-state index in [0.717, 1.165) is 10.5 Å². The third-order valence-electron chi connectivity index (χ3n) is 4.38. The Kier molecular flexibility index (Phi) is 5.91. The van der Waals surface area contributed by atoms with Gasteiger partial charge in [-0.2, -0.15) is 0 Å². The molecule has 0 saturated carbocycles. The molecule has 0 aliphatic carbocycles. The van der Waals surface area contributed by atoms with Gasteiger partial charge in [-0.1, -0.05) is 5.57 Å². The van der Waals surface area contributed by atoms with Crippen LogP contribution in [0.4, 0.5) is 4.79 Å². The van der Waals surface area contributed by atoms with Crippen LogP contribution in [0.3, 0.4) is 0 Å². The van der Waals surface area contributed by atoms with Crippen molar-refractivity contribution in [2.24, 2.45) is 10.9 Å². The van der Waals surface area contributed by atoms with Crippen molar-refractivity contribution in [2.45, 2.75) is 33.9 Å². The molecule has 1 N–H and O–H groups in total. The number of dihydropyridines is 1. The number of allylic oxidation sites excluding steroid dienone is 1. The number of urea groups is 1. The number of amides is 3. The summed E-state index contributed by atoms with van der Waals surface area (Å²) >= 11 is 1.66. The molecule has 142 valence electrons. The van der Waals surface area contributed by atoms with E-state index < -0.39 is 5.92 Å². The molecular weight excluding hydrogens is 362 g/mol. The van der Waals surface area contributed by atoms with Gasteiger partial charge in [-0.25, -0.2) is 9.79 Å². The molecule has 3 amide bonds. The van der Waals surface area contributed by atoms with E-state index in [4.69, 9.17) is 4.42 Å². The highest BCUT2D eigenvalue weighted by molar-refractivity contribution is 7.11. The lowest BCUT2D eigenvalue weighted by Crippen LogP contribution is -2.42. The number of thiophene rings is 1. The zero-order valence-electron chi connectivity index (χ0n) is 15.7.